The van der Waals surface area contributed by atoms with E-state index >= 15 is 0 Å². The molecule has 1 saturated carbocycles. The predicted molar refractivity (Wildman–Crippen MR) is 92.7 cm³/mol. The smallest absolute Gasteiger partial charge is 0.136 e. The van der Waals surface area contributed by atoms with Gasteiger partial charge in [0.1, 0.15) is 5.82 Å². The van der Waals surface area contributed by atoms with E-state index in [1.165, 1.54) is 42.0 Å². The van der Waals surface area contributed by atoms with E-state index in [-0.39, 0.29) is 6.61 Å². The van der Waals surface area contributed by atoms with E-state index in [0.29, 0.717) is 12.6 Å². The van der Waals surface area contributed by atoms with E-state index in [1.807, 2.05) is 18.1 Å². The second kappa shape index (κ2) is 6.53. The second-order valence-electron chi connectivity index (χ2n) is 6.26. The Hall–Kier alpha value is -1.81. The summed E-state index contributed by atoms with van der Waals surface area (Å²) in [5.74, 6) is 0.944. The highest BCUT2D eigenvalue weighted by molar-refractivity contribution is 6.02. The van der Waals surface area contributed by atoms with Gasteiger partial charge in [0.2, 0.25) is 0 Å². The zero-order chi connectivity index (χ0) is 15.5. The van der Waals surface area contributed by atoms with Gasteiger partial charge >= 0.3 is 0 Å². The third-order valence-corrected chi connectivity index (χ3v) is 4.61. The molecule has 0 aliphatic heterocycles. The lowest BCUT2D eigenvalue weighted by Gasteiger charge is -2.22. The maximum absolute atomic E-state index is 9.20. The monoisotopic (exact) mass is 299 g/mol. The van der Waals surface area contributed by atoms with Gasteiger partial charge in [-0.2, -0.15) is 0 Å². The summed E-state index contributed by atoms with van der Waals surface area (Å²) in [5.41, 5.74) is 2.35. The van der Waals surface area contributed by atoms with Crippen molar-refractivity contribution in [3.8, 4) is 0 Å². The highest BCUT2D eigenvalue weighted by Gasteiger charge is 2.18. The Labute approximate surface area is 132 Å². The van der Waals surface area contributed by atoms with Crippen LogP contribution < -0.4 is 10.2 Å². The molecule has 2 N–H and O–H groups in total. The second-order valence-corrected chi connectivity index (χ2v) is 6.26. The number of benzene rings is 1. The van der Waals surface area contributed by atoms with Gasteiger partial charge in [0, 0.05) is 30.4 Å². The fraction of sp³-hybridized carbons (Fsp3) is 0.500. The summed E-state index contributed by atoms with van der Waals surface area (Å²) < 4.78 is 0. The zero-order valence-corrected chi connectivity index (χ0v) is 13.5. The molecule has 3 rings (SSSR count). The number of aliphatic hydroxyl groups is 1. The van der Waals surface area contributed by atoms with Crippen LogP contribution in [-0.2, 0) is 0 Å². The molecule has 0 spiro atoms. The molecule has 1 aromatic heterocycles. The number of rotatable bonds is 5. The van der Waals surface area contributed by atoms with Crippen molar-refractivity contribution in [2.75, 3.05) is 30.4 Å². The van der Waals surface area contributed by atoms with Crippen LogP contribution >= 0.6 is 0 Å². The van der Waals surface area contributed by atoms with Crippen LogP contribution in [-0.4, -0.2) is 36.3 Å². The first-order valence-corrected chi connectivity index (χ1v) is 8.17. The Morgan fingerprint density at radius 1 is 1.32 bits per heavy atom. The quantitative estimate of drug-likeness (QED) is 0.889. The van der Waals surface area contributed by atoms with Crippen molar-refractivity contribution in [3.05, 3.63) is 30.0 Å². The SMILES string of the molecule is Cc1cccc2c(NC3CCCC3)cnc(N(C)CCO)c12. The van der Waals surface area contributed by atoms with Gasteiger partial charge in [-0.05, 0) is 25.3 Å². The molecule has 1 fully saturated rings. The Kier molecular flexibility index (Phi) is 4.48. The molecule has 1 aliphatic rings. The van der Waals surface area contributed by atoms with E-state index < -0.39 is 0 Å². The molecule has 4 nitrogen and oxygen atoms in total. The molecule has 0 bridgehead atoms. The van der Waals surface area contributed by atoms with E-state index in [1.54, 1.807) is 0 Å². The van der Waals surface area contributed by atoms with Crippen LogP contribution in [0.4, 0.5) is 11.5 Å². The van der Waals surface area contributed by atoms with Crippen molar-refractivity contribution < 1.29 is 5.11 Å². The maximum Gasteiger partial charge on any atom is 0.136 e. The highest BCUT2D eigenvalue weighted by Crippen LogP contribution is 2.33. The van der Waals surface area contributed by atoms with Crippen molar-refractivity contribution in [2.45, 2.75) is 38.6 Å². The summed E-state index contributed by atoms with van der Waals surface area (Å²) in [6, 6.07) is 6.97. The first kappa shape index (κ1) is 15.1. The largest absolute Gasteiger partial charge is 0.395 e. The minimum atomic E-state index is 0.133. The number of anilines is 2. The molecule has 22 heavy (non-hydrogen) atoms. The molecule has 1 aliphatic carbocycles. The molecule has 118 valence electrons. The van der Waals surface area contributed by atoms with Gasteiger partial charge in [-0.3, -0.25) is 0 Å². The predicted octanol–water partition coefficient (Wildman–Crippen LogP) is 3.33. The summed E-state index contributed by atoms with van der Waals surface area (Å²) in [6.45, 7) is 2.85. The molecule has 1 aromatic carbocycles. The Morgan fingerprint density at radius 3 is 2.82 bits per heavy atom. The van der Waals surface area contributed by atoms with Gasteiger partial charge in [0.05, 0.1) is 18.5 Å². The number of nitrogens with one attached hydrogen (secondary N) is 1. The lowest BCUT2D eigenvalue weighted by Crippen LogP contribution is -2.23. The summed E-state index contributed by atoms with van der Waals surface area (Å²) in [4.78, 5) is 6.70. The minimum absolute atomic E-state index is 0.133. The Bertz CT molecular complexity index is 650. The topological polar surface area (TPSA) is 48.4 Å². The van der Waals surface area contributed by atoms with Gasteiger partial charge in [0.15, 0.2) is 0 Å². The molecule has 0 radical (unpaired) electrons. The van der Waals surface area contributed by atoms with Crippen molar-refractivity contribution in [2.24, 2.45) is 0 Å². The van der Waals surface area contributed by atoms with Gasteiger partial charge in [-0.15, -0.1) is 0 Å². The number of hydrogen-bond donors (Lipinski definition) is 2. The van der Waals surface area contributed by atoms with Crippen LogP contribution in [0.25, 0.3) is 10.8 Å². The molecular formula is C18H25N3O. The fourth-order valence-corrected chi connectivity index (χ4v) is 3.40. The molecule has 0 amide bonds. The molecule has 0 atom stereocenters. The normalized spacial score (nSPS) is 15.4. The molecule has 0 unspecified atom stereocenters. The standard InChI is InChI=1S/C18H25N3O/c1-13-6-5-9-15-16(20-14-7-3-4-8-14)12-19-18(17(13)15)21(2)10-11-22/h5-6,9,12,14,20,22H,3-4,7-8,10-11H2,1-2H3. The fourth-order valence-electron chi connectivity index (χ4n) is 3.40. The third kappa shape index (κ3) is 2.88. The number of fused-ring (bicyclic) bond motifs is 1. The zero-order valence-electron chi connectivity index (χ0n) is 13.5. The molecular weight excluding hydrogens is 274 g/mol. The van der Waals surface area contributed by atoms with Gasteiger partial charge in [-0.1, -0.05) is 31.0 Å². The van der Waals surface area contributed by atoms with Crippen molar-refractivity contribution in [1.29, 1.82) is 0 Å². The van der Waals surface area contributed by atoms with Gasteiger partial charge in [-0.25, -0.2) is 4.98 Å². The Balaban J connectivity index is 2.04. The summed E-state index contributed by atoms with van der Waals surface area (Å²) >= 11 is 0. The Morgan fingerprint density at radius 2 is 2.09 bits per heavy atom. The van der Waals surface area contributed by atoms with Crippen molar-refractivity contribution in [1.82, 2.24) is 4.98 Å². The van der Waals surface area contributed by atoms with Crippen molar-refractivity contribution in [3.63, 3.8) is 0 Å². The first-order valence-electron chi connectivity index (χ1n) is 8.17. The third-order valence-electron chi connectivity index (χ3n) is 4.61. The maximum atomic E-state index is 9.20. The number of pyridine rings is 1. The van der Waals surface area contributed by atoms with E-state index in [0.717, 1.165) is 11.5 Å². The average Bonchev–Trinajstić information content (AvgIpc) is 3.01. The molecule has 2 aromatic rings. The first-order chi connectivity index (χ1) is 10.7. The number of aryl methyl sites for hydroxylation is 1. The number of aliphatic hydroxyl groups excluding tert-OH is 1. The number of likely N-dealkylation sites (N-methyl/N-ethyl adjacent to an activating group) is 1. The van der Waals surface area contributed by atoms with Crippen LogP contribution in [0.3, 0.4) is 0 Å². The number of nitrogens with zero attached hydrogens (tertiary/aromatic N) is 2. The van der Waals surface area contributed by atoms with Gasteiger partial charge < -0.3 is 15.3 Å². The molecule has 0 saturated heterocycles. The minimum Gasteiger partial charge on any atom is -0.395 e. The highest BCUT2D eigenvalue weighted by atomic mass is 16.3. The molecule has 1 heterocycles. The van der Waals surface area contributed by atoms with Crippen LogP contribution in [0, 0.1) is 6.92 Å². The summed E-state index contributed by atoms with van der Waals surface area (Å²) in [7, 11) is 1.98. The van der Waals surface area contributed by atoms with Crippen LogP contribution in [0.2, 0.25) is 0 Å². The molecule has 4 heteroatoms. The van der Waals surface area contributed by atoms with Crippen molar-refractivity contribution >= 4 is 22.3 Å². The number of aromatic nitrogens is 1. The van der Waals surface area contributed by atoms with Crippen LogP contribution in [0.15, 0.2) is 24.4 Å². The summed E-state index contributed by atoms with van der Waals surface area (Å²) in [6.07, 6.45) is 7.08. The van der Waals surface area contributed by atoms with Crippen LogP contribution in [0.5, 0.6) is 0 Å². The summed E-state index contributed by atoms with van der Waals surface area (Å²) in [5, 5.41) is 15.3. The van der Waals surface area contributed by atoms with E-state index in [9.17, 15) is 5.11 Å². The lowest BCUT2D eigenvalue weighted by molar-refractivity contribution is 0.304. The van der Waals surface area contributed by atoms with E-state index in [2.05, 4.69) is 35.4 Å². The lowest BCUT2D eigenvalue weighted by atomic mass is 10.0. The number of hydrogen-bond acceptors (Lipinski definition) is 4. The van der Waals surface area contributed by atoms with E-state index in [4.69, 9.17) is 0 Å². The van der Waals surface area contributed by atoms with Gasteiger partial charge in [0.25, 0.3) is 0 Å². The average molecular weight is 299 g/mol. The van der Waals surface area contributed by atoms with Crippen LogP contribution in [0.1, 0.15) is 31.2 Å².